The Balaban J connectivity index is 1.99. The molecule has 5 nitrogen and oxygen atoms in total. The molecule has 2 N–H and O–H groups in total. The highest BCUT2D eigenvalue weighted by atomic mass is 16.4. The molecule has 0 bridgehead atoms. The molecule has 0 atom stereocenters. The minimum atomic E-state index is -0.741. The van der Waals surface area contributed by atoms with E-state index in [0.717, 1.165) is 12.0 Å². The molecule has 0 fully saturated rings. The SMILES string of the molecule is CCc1ccccc1NC(=O)c1cc2ccc(O)cc2oc1=O. The third kappa shape index (κ3) is 2.94. The number of hydrogen-bond donors (Lipinski definition) is 2. The maximum atomic E-state index is 12.4. The third-order valence-corrected chi connectivity index (χ3v) is 3.61. The molecule has 116 valence electrons. The van der Waals surface area contributed by atoms with Crippen LogP contribution in [0.25, 0.3) is 11.0 Å². The summed E-state index contributed by atoms with van der Waals surface area (Å²) in [7, 11) is 0. The third-order valence-electron chi connectivity index (χ3n) is 3.61. The number of phenolic OH excluding ortho intramolecular Hbond substituents is 1. The lowest BCUT2D eigenvalue weighted by Crippen LogP contribution is -2.21. The summed E-state index contributed by atoms with van der Waals surface area (Å²) >= 11 is 0. The maximum absolute atomic E-state index is 12.4. The Kier molecular flexibility index (Phi) is 3.85. The molecular formula is C18H15NO4. The van der Waals surface area contributed by atoms with Crippen molar-refractivity contribution in [1.29, 1.82) is 0 Å². The molecule has 0 aliphatic heterocycles. The summed E-state index contributed by atoms with van der Waals surface area (Å²) in [5.41, 5.74) is 1.07. The number of carbonyl (C=O) groups is 1. The highest BCUT2D eigenvalue weighted by Crippen LogP contribution is 2.20. The van der Waals surface area contributed by atoms with Crippen molar-refractivity contribution in [3.8, 4) is 5.75 Å². The summed E-state index contributed by atoms with van der Waals surface area (Å²) < 4.78 is 5.11. The summed E-state index contributed by atoms with van der Waals surface area (Å²) in [4.78, 5) is 24.4. The number of fused-ring (bicyclic) bond motifs is 1. The number of amides is 1. The van der Waals surface area contributed by atoms with Crippen LogP contribution in [-0.2, 0) is 6.42 Å². The van der Waals surface area contributed by atoms with Crippen LogP contribution in [0.5, 0.6) is 5.75 Å². The van der Waals surface area contributed by atoms with Crippen molar-refractivity contribution in [1.82, 2.24) is 0 Å². The largest absolute Gasteiger partial charge is 0.508 e. The number of carbonyl (C=O) groups excluding carboxylic acids is 1. The van der Waals surface area contributed by atoms with Gasteiger partial charge in [0.05, 0.1) is 0 Å². The average Bonchev–Trinajstić information content (AvgIpc) is 2.54. The van der Waals surface area contributed by atoms with Crippen LogP contribution in [0.15, 0.2) is 57.7 Å². The lowest BCUT2D eigenvalue weighted by atomic mass is 10.1. The van der Waals surface area contributed by atoms with Crippen LogP contribution >= 0.6 is 0 Å². The predicted octanol–water partition coefficient (Wildman–Crippen LogP) is 3.31. The topological polar surface area (TPSA) is 79.5 Å². The molecule has 2 aromatic carbocycles. The van der Waals surface area contributed by atoms with Crippen LogP contribution in [0.1, 0.15) is 22.8 Å². The first-order valence-corrected chi connectivity index (χ1v) is 7.24. The van der Waals surface area contributed by atoms with E-state index in [1.807, 2.05) is 25.1 Å². The van der Waals surface area contributed by atoms with E-state index in [1.165, 1.54) is 18.2 Å². The molecule has 3 rings (SSSR count). The molecule has 0 radical (unpaired) electrons. The molecule has 3 aromatic rings. The Hall–Kier alpha value is -3.08. The van der Waals surface area contributed by atoms with Gasteiger partial charge in [0.15, 0.2) is 0 Å². The Bertz CT molecular complexity index is 943. The monoisotopic (exact) mass is 309 g/mol. The first-order valence-electron chi connectivity index (χ1n) is 7.24. The number of nitrogens with one attached hydrogen (secondary N) is 1. The van der Waals surface area contributed by atoms with Crippen molar-refractivity contribution in [2.45, 2.75) is 13.3 Å². The zero-order valence-electron chi connectivity index (χ0n) is 12.5. The van der Waals surface area contributed by atoms with Gasteiger partial charge < -0.3 is 14.8 Å². The number of aryl methyl sites for hydroxylation is 1. The van der Waals surface area contributed by atoms with E-state index in [9.17, 15) is 14.7 Å². The lowest BCUT2D eigenvalue weighted by molar-refractivity contribution is 0.102. The predicted molar refractivity (Wildman–Crippen MR) is 87.9 cm³/mol. The number of benzene rings is 2. The van der Waals surface area contributed by atoms with Crippen LogP contribution in [0.3, 0.4) is 0 Å². The zero-order valence-corrected chi connectivity index (χ0v) is 12.5. The summed E-state index contributed by atoms with van der Waals surface area (Å²) in [6.45, 7) is 1.99. The van der Waals surface area contributed by atoms with Gasteiger partial charge in [-0.2, -0.15) is 0 Å². The Morgan fingerprint density at radius 2 is 1.96 bits per heavy atom. The molecule has 0 saturated carbocycles. The fourth-order valence-electron chi connectivity index (χ4n) is 2.40. The molecule has 0 aliphatic carbocycles. The van der Waals surface area contributed by atoms with E-state index >= 15 is 0 Å². The molecule has 1 amide bonds. The zero-order chi connectivity index (χ0) is 16.4. The molecular weight excluding hydrogens is 294 g/mol. The second-order valence-electron chi connectivity index (χ2n) is 5.13. The summed E-state index contributed by atoms with van der Waals surface area (Å²) in [5, 5.41) is 12.7. The van der Waals surface area contributed by atoms with Gasteiger partial charge >= 0.3 is 5.63 Å². The van der Waals surface area contributed by atoms with Crippen LogP contribution in [0.2, 0.25) is 0 Å². The first-order chi connectivity index (χ1) is 11.1. The number of hydrogen-bond acceptors (Lipinski definition) is 4. The number of aromatic hydroxyl groups is 1. The van der Waals surface area contributed by atoms with E-state index in [2.05, 4.69) is 5.32 Å². The van der Waals surface area contributed by atoms with Crippen LogP contribution in [0, 0.1) is 0 Å². The van der Waals surface area contributed by atoms with Crippen LogP contribution < -0.4 is 10.9 Å². The molecule has 0 saturated heterocycles. The molecule has 1 aromatic heterocycles. The van der Waals surface area contributed by atoms with Gasteiger partial charge in [-0.3, -0.25) is 4.79 Å². The van der Waals surface area contributed by atoms with Crippen LogP contribution in [0.4, 0.5) is 5.69 Å². The summed E-state index contributed by atoms with van der Waals surface area (Å²) in [6.07, 6.45) is 0.766. The number of phenols is 1. The second-order valence-corrected chi connectivity index (χ2v) is 5.13. The fourth-order valence-corrected chi connectivity index (χ4v) is 2.40. The molecule has 0 unspecified atom stereocenters. The maximum Gasteiger partial charge on any atom is 0.349 e. The smallest absolute Gasteiger partial charge is 0.349 e. The molecule has 1 heterocycles. The fraction of sp³-hybridized carbons (Fsp3) is 0.111. The quantitative estimate of drug-likeness (QED) is 0.727. The van der Waals surface area contributed by atoms with Crippen molar-refractivity contribution >= 4 is 22.6 Å². The van der Waals surface area contributed by atoms with Gasteiger partial charge in [-0.05, 0) is 36.2 Å². The molecule has 0 aliphatic rings. The average molecular weight is 309 g/mol. The Morgan fingerprint density at radius 1 is 1.17 bits per heavy atom. The van der Waals surface area contributed by atoms with E-state index in [0.29, 0.717) is 11.1 Å². The normalized spacial score (nSPS) is 10.7. The number of para-hydroxylation sites is 1. The molecule has 5 heteroatoms. The summed E-state index contributed by atoms with van der Waals surface area (Å²) in [5.74, 6) is -0.524. The van der Waals surface area contributed by atoms with E-state index in [4.69, 9.17) is 4.42 Å². The minimum absolute atomic E-state index is 0.00488. The van der Waals surface area contributed by atoms with Crippen molar-refractivity contribution in [3.05, 3.63) is 70.1 Å². The van der Waals surface area contributed by atoms with Crippen molar-refractivity contribution in [2.75, 3.05) is 5.32 Å². The van der Waals surface area contributed by atoms with Gasteiger partial charge in [-0.25, -0.2) is 4.79 Å². The van der Waals surface area contributed by atoms with Gasteiger partial charge in [0, 0.05) is 17.1 Å². The van der Waals surface area contributed by atoms with Gasteiger partial charge in [0.1, 0.15) is 16.9 Å². The lowest BCUT2D eigenvalue weighted by Gasteiger charge is -2.09. The highest BCUT2D eigenvalue weighted by molar-refractivity contribution is 6.05. The van der Waals surface area contributed by atoms with E-state index in [-0.39, 0.29) is 16.9 Å². The minimum Gasteiger partial charge on any atom is -0.508 e. The Labute approximate surface area is 132 Å². The standard InChI is InChI=1S/C18H15NO4/c1-2-11-5-3-4-6-15(11)19-17(21)14-9-12-7-8-13(20)10-16(12)23-18(14)22/h3-10,20H,2H2,1H3,(H,19,21). The summed E-state index contributed by atoms with van der Waals surface area (Å²) in [6, 6.07) is 13.3. The molecule has 0 spiro atoms. The first kappa shape index (κ1) is 14.8. The van der Waals surface area contributed by atoms with Crippen molar-refractivity contribution < 1.29 is 14.3 Å². The molecule has 23 heavy (non-hydrogen) atoms. The highest BCUT2D eigenvalue weighted by Gasteiger charge is 2.15. The van der Waals surface area contributed by atoms with Gasteiger partial charge in [-0.1, -0.05) is 25.1 Å². The second kappa shape index (κ2) is 5.96. The van der Waals surface area contributed by atoms with Gasteiger partial charge in [-0.15, -0.1) is 0 Å². The van der Waals surface area contributed by atoms with Crippen LogP contribution in [-0.4, -0.2) is 11.0 Å². The van der Waals surface area contributed by atoms with Gasteiger partial charge in [0.25, 0.3) is 5.91 Å². The van der Waals surface area contributed by atoms with Gasteiger partial charge in [0.2, 0.25) is 0 Å². The van der Waals surface area contributed by atoms with E-state index in [1.54, 1.807) is 12.1 Å². The number of anilines is 1. The van der Waals surface area contributed by atoms with Crippen molar-refractivity contribution in [3.63, 3.8) is 0 Å². The van der Waals surface area contributed by atoms with Crippen molar-refractivity contribution in [2.24, 2.45) is 0 Å². The van der Waals surface area contributed by atoms with E-state index < -0.39 is 11.5 Å². The number of rotatable bonds is 3. The Morgan fingerprint density at radius 3 is 2.74 bits per heavy atom.